The van der Waals surface area contributed by atoms with Gasteiger partial charge in [0.25, 0.3) is 0 Å². The van der Waals surface area contributed by atoms with Gasteiger partial charge in [-0.3, -0.25) is 4.90 Å². The van der Waals surface area contributed by atoms with Gasteiger partial charge in [-0.2, -0.15) is 0 Å². The van der Waals surface area contributed by atoms with Crippen molar-refractivity contribution in [3.8, 4) is 0 Å². The minimum absolute atomic E-state index is 0.102. The molecule has 19 heavy (non-hydrogen) atoms. The van der Waals surface area contributed by atoms with Gasteiger partial charge in [0.1, 0.15) is 9.84 Å². The van der Waals surface area contributed by atoms with E-state index in [1.807, 2.05) is 23.1 Å². The molecule has 1 rings (SSSR count). The highest BCUT2D eigenvalue weighted by Crippen LogP contribution is 2.13. The van der Waals surface area contributed by atoms with Crippen LogP contribution in [-0.2, 0) is 16.4 Å². The van der Waals surface area contributed by atoms with Gasteiger partial charge in [0.2, 0.25) is 0 Å². The van der Waals surface area contributed by atoms with Gasteiger partial charge in [0.15, 0.2) is 0 Å². The zero-order chi connectivity index (χ0) is 14.3. The highest BCUT2D eigenvalue weighted by atomic mass is 35.5. The standard InChI is InChI=1S/C13H20ClNO3S/c1-19(17,18)9-7-15(6-3-8-16)11-12-4-2-5-13(14)10-12/h2,4-5,10,16H,3,6-9,11H2,1H3. The summed E-state index contributed by atoms with van der Waals surface area (Å²) in [6.45, 7) is 1.87. The molecule has 0 saturated carbocycles. The van der Waals surface area contributed by atoms with Crippen LogP contribution in [0, 0.1) is 0 Å². The molecule has 1 aromatic rings. The van der Waals surface area contributed by atoms with Crippen molar-refractivity contribution in [3.05, 3.63) is 34.9 Å². The molecule has 0 aliphatic carbocycles. The molecule has 0 unspecified atom stereocenters. The van der Waals surface area contributed by atoms with Gasteiger partial charge in [0.05, 0.1) is 5.75 Å². The summed E-state index contributed by atoms with van der Waals surface area (Å²) in [7, 11) is -2.97. The molecule has 0 saturated heterocycles. The van der Waals surface area contributed by atoms with E-state index in [4.69, 9.17) is 16.7 Å². The molecule has 108 valence electrons. The second kappa shape index (κ2) is 7.85. The predicted molar refractivity (Wildman–Crippen MR) is 78.1 cm³/mol. The van der Waals surface area contributed by atoms with Crippen molar-refractivity contribution in [1.82, 2.24) is 4.90 Å². The van der Waals surface area contributed by atoms with Gasteiger partial charge in [-0.05, 0) is 24.1 Å². The molecule has 0 aliphatic rings. The monoisotopic (exact) mass is 305 g/mol. The van der Waals surface area contributed by atoms with Crippen molar-refractivity contribution in [3.63, 3.8) is 0 Å². The molecular weight excluding hydrogens is 286 g/mol. The lowest BCUT2D eigenvalue weighted by molar-refractivity contribution is 0.226. The molecule has 0 atom stereocenters. The second-order valence-electron chi connectivity index (χ2n) is 4.61. The Bertz CT molecular complexity index is 490. The molecule has 1 aromatic carbocycles. The van der Waals surface area contributed by atoms with Gasteiger partial charge in [-0.1, -0.05) is 23.7 Å². The van der Waals surface area contributed by atoms with Crippen LogP contribution in [0.15, 0.2) is 24.3 Å². The van der Waals surface area contributed by atoms with Crippen LogP contribution < -0.4 is 0 Å². The van der Waals surface area contributed by atoms with E-state index in [1.54, 1.807) is 6.07 Å². The quantitative estimate of drug-likeness (QED) is 0.792. The minimum atomic E-state index is -2.97. The van der Waals surface area contributed by atoms with E-state index >= 15 is 0 Å². The molecule has 0 heterocycles. The summed E-state index contributed by atoms with van der Waals surface area (Å²) in [4.78, 5) is 2.02. The largest absolute Gasteiger partial charge is 0.396 e. The van der Waals surface area contributed by atoms with Crippen molar-refractivity contribution < 1.29 is 13.5 Å². The first kappa shape index (κ1) is 16.4. The molecule has 0 spiro atoms. The number of aliphatic hydroxyl groups is 1. The van der Waals surface area contributed by atoms with E-state index in [1.165, 1.54) is 6.26 Å². The van der Waals surface area contributed by atoms with Crippen molar-refractivity contribution in [1.29, 1.82) is 0 Å². The molecule has 4 nitrogen and oxygen atoms in total. The summed E-state index contributed by atoms with van der Waals surface area (Å²) in [6.07, 6.45) is 1.86. The number of aliphatic hydroxyl groups excluding tert-OH is 1. The Hall–Kier alpha value is -0.620. The molecular formula is C13H20ClNO3S. The molecule has 0 fully saturated rings. The van der Waals surface area contributed by atoms with Crippen LogP contribution in [0.4, 0.5) is 0 Å². The first-order chi connectivity index (χ1) is 8.90. The number of halogens is 1. The maximum atomic E-state index is 11.2. The van der Waals surface area contributed by atoms with E-state index in [9.17, 15) is 8.42 Å². The Labute approximate surface area is 119 Å². The molecule has 0 aromatic heterocycles. The summed E-state index contributed by atoms with van der Waals surface area (Å²) in [6, 6.07) is 7.50. The first-order valence-electron chi connectivity index (χ1n) is 6.16. The third kappa shape index (κ3) is 7.52. The topological polar surface area (TPSA) is 57.6 Å². The van der Waals surface area contributed by atoms with E-state index in [0.29, 0.717) is 31.1 Å². The number of sulfone groups is 1. The third-order valence-corrected chi connectivity index (χ3v) is 3.87. The smallest absolute Gasteiger partial charge is 0.148 e. The minimum Gasteiger partial charge on any atom is -0.396 e. The maximum absolute atomic E-state index is 11.2. The van der Waals surface area contributed by atoms with Gasteiger partial charge in [-0.15, -0.1) is 0 Å². The Morgan fingerprint density at radius 3 is 2.63 bits per heavy atom. The normalized spacial score (nSPS) is 12.0. The second-order valence-corrected chi connectivity index (χ2v) is 7.31. The lowest BCUT2D eigenvalue weighted by Gasteiger charge is -2.21. The zero-order valence-corrected chi connectivity index (χ0v) is 12.6. The van der Waals surface area contributed by atoms with E-state index in [2.05, 4.69) is 0 Å². The van der Waals surface area contributed by atoms with Crippen LogP contribution in [0.3, 0.4) is 0 Å². The first-order valence-corrected chi connectivity index (χ1v) is 8.60. The van der Waals surface area contributed by atoms with Crippen LogP contribution in [0.2, 0.25) is 5.02 Å². The molecule has 0 amide bonds. The molecule has 0 aliphatic heterocycles. The average Bonchev–Trinajstić information content (AvgIpc) is 2.31. The highest BCUT2D eigenvalue weighted by molar-refractivity contribution is 7.90. The number of nitrogens with zero attached hydrogens (tertiary/aromatic N) is 1. The zero-order valence-electron chi connectivity index (χ0n) is 11.0. The fourth-order valence-electron chi connectivity index (χ4n) is 1.75. The van der Waals surface area contributed by atoms with Crippen LogP contribution in [0.25, 0.3) is 0 Å². The Morgan fingerprint density at radius 2 is 2.05 bits per heavy atom. The Balaban J connectivity index is 2.63. The van der Waals surface area contributed by atoms with E-state index < -0.39 is 9.84 Å². The van der Waals surface area contributed by atoms with Crippen molar-refractivity contribution >= 4 is 21.4 Å². The van der Waals surface area contributed by atoms with Crippen LogP contribution in [-0.4, -0.2) is 50.1 Å². The highest BCUT2D eigenvalue weighted by Gasteiger charge is 2.10. The van der Waals surface area contributed by atoms with Gasteiger partial charge < -0.3 is 5.11 Å². The number of hydrogen-bond donors (Lipinski definition) is 1. The van der Waals surface area contributed by atoms with Crippen LogP contribution >= 0.6 is 11.6 Å². The molecule has 1 N–H and O–H groups in total. The predicted octanol–water partition coefficient (Wildman–Crippen LogP) is 1.57. The Morgan fingerprint density at radius 1 is 1.32 bits per heavy atom. The van der Waals surface area contributed by atoms with Gasteiger partial charge >= 0.3 is 0 Å². The fraction of sp³-hybridized carbons (Fsp3) is 0.538. The number of rotatable bonds is 8. The summed E-state index contributed by atoms with van der Waals surface area (Å²) >= 11 is 5.93. The summed E-state index contributed by atoms with van der Waals surface area (Å²) in [5.41, 5.74) is 1.04. The summed E-state index contributed by atoms with van der Waals surface area (Å²) in [5, 5.41) is 9.56. The SMILES string of the molecule is CS(=O)(=O)CCN(CCCO)Cc1cccc(Cl)c1. The third-order valence-electron chi connectivity index (χ3n) is 2.71. The van der Waals surface area contributed by atoms with Crippen LogP contribution in [0.5, 0.6) is 0 Å². The Kier molecular flexibility index (Phi) is 6.79. The molecule has 0 radical (unpaired) electrons. The number of hydrogen-bond acceptors (Lipinski definition) is 4. The van der Waals surface area contributed by atoms with Crippen molar-refractivity contribution in [2.24, 2.45) is 0 Å². The fourth-order valence-corrected chi connectivity index (χ4v) is 2.56. The maximum Gasteiger partial charge on any atom is 0.148 e. The van der Waals surface area contributed by atoms with E-state index in [-0.39, 0.29) is 12.4 Å². The van der Waals surface area contributed by atoms with Gasteiger partial charge in [-0.25, -0.2) is 8.42 Å². The van der Waals surface area contributed by atoms with Crippen LogP contribution in [0.1, 0.15) is 12.0 Å². The summed E-state index contributed by atoms with van der Waals surface area (Å²) in [5.74, 6) is 0.124. The van der Waals surface area contributed by atoms with Crippen molar-refractivity contribution in [2.45, 2.75) is 13.0 Å². The lowest BCUT2D eigenvalue weighted by Crippen LogP contribution is -2.30. The molecule has 6 heteroatoms. The number of benzene rings is 1. The lowest BCUT2D eigenvalue weighted by atomic mass is 10.2. The molecule has 0 bridgehead atoms. The van der Waals surface area contributed by atoms with Gasteiger partial charge in [0, 0.05) is 37.5 Å². The average molecular weight is 306 g/mol. The van der Waals surface area contributed by atoms with Crippen molar-refractivity contribution in [2.75, 3.05) is 31.7 Å². The summed E-state index contributed by atoms with van der Waals surface area (Å²) < 4.78 is 22.4. The van der Waals surface area contributed by atoms with E-state index in [0.717, 1.165) is 5.56 Å².